The number of thioether (sulfide) groups is 1. The van der Waals surface area contributed by atoms with Crippen molar-refractivity contribution in [3.8, 4) is 5.75 Å². The number of hydrogen-bond donors (Lipinski definition) is 0. The van der Waals surface area contributed by atoms with Crippen molar-refractivity contribution in [2.24, 2.45) is 0 Å². The maximum Gasteiger partial charge on any atom is 0.266 e. The van der Waals surface area contributed by atoms with Gasteiger partial charge in [-0.2, -0.15) is 0 Å². The molecule has 1 aliphatic rings. The number of ether oxygens (including phenoxy) is 1. The Balaban J connectivity index is 2.08. The summed E-state index contributed by atoms with van der Waals surface area (Å²) in [6, 6.07) is 7.81. The predicted octanol–water partition coefficient (Wildman–Crippen LogP) is 3.86. The fraction of sp³-hybridized carbons (Fsp3) is 0.250. The Bertz CT molecular complexity index is 603. The summed E-state index contributed by atoms with van der Waals surface area (Å²) < 4.78 is 5.74. The summed E-state index contributed by atoms with van der Waals surface area (Å²) >= 11 is 6.58. The number of rotatable bonds is 4. The van der Waals surface area contributed by atoms with Crippen LogP contribution in [0.5, 0.6) is 5.75 Å². The van der Waals surface area contributed by atoms with Gasteiger partial charge in [0.2, 0.25) is 0 Å². The summed E-state index contributed by atoms with van der Waals surface area (Å²) in [5, 5.41) is 0. The largest absolute Gasteiger partial charge is 0.497 e. The van der Waals surface area contributed by atoms with Crippen LogP contribution in [0.15, 0.2) is 41.3 Å². The molecule has 1 saturated heterocycles. The Hall–Kier alpha value is -1.59. The monoisotopic (exact) mass is 319 g/mol. The molecule has 2 rings (SSSR count). The number of benzene rings is 1. The molecule has 0 radical (unpaired) electrons. The van der Waals surface area contributed by atoms with Crippen LogP contribution in [-0.4, -0.2) is 28.3 Å². The molecular weight excluding hydrogens is 302 g/mol. The Morgan fingerprint density at radius 1 is 1.29 bits per heavy atom. The van der Waals surface area contributed by atoms with Gasteiger partial charge in [-0.1, -0.05) is 48.3 Å². The van der Waals surface area contributed by atoms with Crippen LogP contribution in [0.25, 0.3) is 6.08 Å². The maximum absolute atomic E-state index is 12.2. The number of methoxy groups -OCH3 is 1. The van der Waals surface area contributed by atoms with Crippen LogP contribution in [-0.2, 0) is 4.79 Å². The van der Waals surface area contributed by atoms with Crippen molar-refractivity contribution in [2.45, 2.75) is 19.9 Å². The highest BCUT2D eigenvalue weighted by Gasteiger charge is 2.33. The van der Waals surface area contributed by atoms with E-state index in [2.05, 4.69) is 0 Å². The second-order valence-corrected chi connectivity index (χ2v) is 6.48. The van der Waals surface area contributed by atoms with Crippen LogP contribution in [0.2, 0.25) is 0 Å². The third-order valence-corrected chi connectivity index (χ3v) is 4.34. The van der Waals surface area contributed by atoms with E-state index in [1.54, 1.807) is 12.0 Å². The third-order valence-electron chi connectivity index (χ3n) is 2.99. The zero-order valence-corrected chi connectivity index (χ0v) is 13.8. The van der Waals surface area contributed by atoms with Crippen molar-refractivity contribution in [1.29, 1.82) is 0 Å². The molecule has 0 aromatic heterocycles. The number of amides is 1. The van der Waals surface area contributed by atoms with Gasteiger partial charge in [0.05, 0.1) is 12.0 Å². The molecule has 1 amide bonds. The lowest BCUT2D eigenvalue weighted by Gasteiger charge is -2.18. The summed E-state index contributed by atoms with van der Waals surface area (Å²) in [7, 11) is 1.64. The van der Waals surface area contributed by atoms with Crippen molar-refractivity contribution < 1.29 is 9.53 Å². The van der Waals surface area contributed by atoms with Crippen LogP contribution in [0.3, 0.4) is 0 Å². The van der Waals surface area contributed by atoms with Crippen molar-refractivity contribution in [3.05, 3.63) is 46.9 Å². The van der Waals surface area contributed by atoms with E-state index in [4.69, 9.17) is 17.0 Å². The van der Waals surface area contributed by atoms with Crippen molar-refractivity contribution >= 4 is 40.3 Å². The SMILES string of the molecule is COc1ccc(C=CC=C2SC(=S)N(C(C)C)C2=O)cc1. The molecule has 3 nitrogen and oxygen atoms in total. The Kier molecular flexibility index (Phi) is 5.20. The predicted molar refractivity (Wildman–Crippen MR) is 92.3 cm³/mol. The van der Waals surface area contributed by atoms with E-state index in [-0.39, 0.29) is 11.9 Å². The fourth-order valence-electron chi connectivity index (χ4n) is 1.90. The van der Waals surface area contributed by atoms with Crippen LogP contribution in [0.1, 0.15) is 19.4 Å². The Morgan fingerprint density at radius 2 is 1.95 bits per heavy atom. The van der Waals surface area contributed by atoms with Crippen molar-refractivity contribution in [1.82, 2.24) is 4.90 Å². The number of nitrogens with zero attached hydrogens (tertiary/aromatic N) is 1. The number of carbonyl (C=O) groups is 1. The first-order chi connectivity index (χ1) is 10.0. The molecule has 110 valence electrons. The molecule has 0 atom stereocenters. The minimum atomic E-state index is -0.0145. The number of hydrogen-bond acceptors (Lipinski definition) is 4. The van der Waals surface area contributed by atoms with Gasteiger partial charge in [0.25, 0.3) is 5.91 Å². The Morgan fingerprint density at radius 3 is 2.48 bits per heavy atom. The minimum Gasteiger partial charge on any atom is -0.497 e. The molecule has 1 aliphatic heterocycles. The topological polar surface area (TPSA) is 29.5 Å². The molecule has 0 N–H and O–H groups in total. The molecule has 1 heterocycles. The van der Waals surface area contributed by atoms with Gasteiger partial charge in [-0.25, -0.2) is 0 Å². The normalized spacial score (nSPS) is 17.5. The van der Waals surface area contributed by atoms with E-state index in [0.717, 1.165) is 11.3 Å². The molecule has 5 heteroatoms. The first kappa shape index (κ1) is 15.8. The van der Waals surface area contributed by atoms with Crippen molar-refractivity contribution in [2.75, 3.05) is 7.11 Å². The van der Waals surface area contributed by atoms with E-state index in [1.807, 2.05) is 56.3 Å². The van der Waals surface area contributed by atoms with E-state index < -0.39 is 0 Å². The quantitative estimate of drug-likeness (QED) is 0.622. The highest BCUT2D eigenvalue weighted by Crippen LogP contribution is 2.32. The van der Waals surface area contributed by atoms with E-state index in [9.17, 15) is 4.79 Å². The molecule has 1 fully saturated rings. The second-order valence-electron chi connectivity index (χ2n) is 4.80. The number of thiocarbonyl (C=S) groups is 1. The summed E-state index contributed by atoms with van der Waals surface area (Å²) in [6.45, 7) is 3.92. The lowest BCUT2D eigenvalue weighted by Crippen LogP contribution is -2.34. The van der Waals surface area contributed by atoms with E-state index >= 15 is 0 Å². The van der Waals surface area contributed by atoms with Crippen molar-refractivity contribution in [3.63, 3.8) is 0 Å². The zero-order chi connectivity index (χ0) is 15.4. The standard InChI is InChI=1S/C16H17NO2S2/c1-11(2)17-15(18)14(21-16(17)20)6-4-5-12-7-9-13(19-3)10-8-12/h4-11H,1-3H3. The van der Waals surface area contributed by atoms with Gasteiger partial charge in [-0.05, 0) is 37.6 Å². The van der Waals surface area contributed by atoms with Gasteiger partial charge >= 0.3 is 0 Å². The summed E-state index contributed by atoms with van der Waals surface area (Å²) in [4.78, 5) is 14.5. The first-order valence-electron chi connectivity index (χ1n) is 6.60. The smallest absolute Gasteiger partial charge is 0.266 e. The van der Waals surface area contributed by atoms with Gasteiger partial charge < -0.3 is 4.74 Å². The molecule has 0 aliphatic carbocycles. The van der Waals surface area contributed by atoms with Crippen LogP contribution >= 0.6 is 24.0 Å². The van der Waals surface area contributed by atoms with Crippen LogP contribution in [0.4, 0.5) is 0 Å². The molecule has 1 aromatic carbocycles. The average molecular weight is 319 g/mol. The molecule has 1 aromatic rings. The molecule has 0 bridgehead atoms. The van der Waals surface area contributed by atoms with Gasteiger partial charge in [-0.15, -0.1) is 0 Å². The summed E-state index contributed by atoms with van der Waals surface area (Å²) in [5.74, 6) is 0.810. The van der Waals surface area contributed by atoms with E-state index in [0.29, 0.717) is 9.23 Å². The summed E-state index contributed by atoms with van der Waals surface area (Å²) in [6.07, 6.45) is 5.63. The molecule has 0 saturated carbocycles. The second kappa shape index (κ2) is 6.91. The number of allylic oxidation sites excluding steroid dienone is 2. The molecular formula is C16H17NO2S2. The van der Waals surface area contributed by atoms with Crippen LogP contribution < -0.4 is 4.74 Å². The van der Waals surface area contributed by atoms with E-state index in [1.165, 1.54) is 11.8 Å². The highest BCUT2D eigenvalue weighted by atomic mass is 32.2. The zero-order valence-electron chi connectivity index (χ0n) is 12.2. The first-order valence-corrected chi connectivity index (χ1v) is 7.83. The fourth-order valence-corrected chi connectivity index (χ4v) is 3.38. The number of carbonyl (C=O) groups excluding carboxylic acids is 1. The van der Waals surface area contributed by atoms with Gasteiger partial charge in [-0.3, -0.25) is 9.69 Å². The van der Waals surface area contributed by atoms with Crippen LogP contribution in [0, 0.1) is 0 Å². The maximum atomic E-state index is 12.2. The lowest BCUT2D eigenvalue weighted by molar-refractivity contribution is -0.123. The Labute approximate surface area is 134 Å². The molecule has 21 heavy (non-hydrogen) atoms. The minimum absolute atomic E-state index is 0.0145. The van der Waals surface area contributed by atoms with Gasteiger partial charge in [0.1, 0.15) is 10.1 Å². The molecule has 0 unspecified atom stereocenters. The molecule has 0 spiro atoms. The van der Waals surface area contributed by atoms with Gasteiger partial charge in [0, 0.05) is 6.04 Å². The lowest BCUT2D eigenvalue weighted by atomic mass is 10.2. The third kappa shape index (κ3) is 3.74. The average Bonchev–Trinajstić information content (AvgIpc) is 2.74. The highest BCUT2D eigenvalue weighted by molar-refractivity contribution is 8.26. The van der Waals surface area contributed by atoms with Gasteiger partial charge in [0.15, 0.2) is 0 Å². The summed E-state index contributed by atoms with van der Waals surface area (Å²) in [5.41, 5.74) is 1.05.